The molecule has 0 aliphatic rings. The third-order valence-corrected chi connectivity index (χ3v) is 4.74. The molecule has 0 aliphatic carbocycles. The number of hydrogen-bond acceptors (Lipinski definition) is 3. The summed E-state index contributed by atoms with van der Waals surface area (Å²) in [5, 5.41) is 5.84. The van der Waals surface area contributed by atoms with Crippen LogP contribution in [-0.4, -0.2) is 28.3 Å². The molecule has 0 heterocycles. The van der Waals surface area contributed by atoms with Crippen molar-refractivity contribution in [2.24, 2.45) is 0 Å². The molecule has 0 bridgehead atoms. The molecule has 0 spiro atoms. The van der Waals surface area contributed by atoms with E-state index < -0.39 is 16.8 Å². The predicted molar refractivity (Wildman–Crippen MR) is 111 cm³/mol. The van der Waals surface area contributed by atoms with Crippen molar-refractivity contribution < 1.29 is 13.8 Å². The second-order valence-corrected chi connectivity index (χ2v) is 7.83. The molecule has 142 valence electrons. The molecular weight excluding hydrogens is 384 g/mol. The van der Waals surface area contributed by atoms with Gasteiger partial charge >= 0.3 is 0 Å². The topological polar surface area (TPSA) is 75.3 Å². The number of anilines is 1. The largest absolute Gasteiger partial charge is 0.341 e. The first-order chi connectivity index (χ1) is 12.8. The van der Waals surface area contributed by atoms with Crippen molar-refractivity contribution in [1.82, 2.24) is 5.32 Å². The summed E-state index contributed by atoms with van der Waals surface area (Å²) in [6.45, 7) is 1.60. The Hall–Kier alpha value is -2.44. The van der Waals surface area contributed by atoms with Gasteiger partial charge < -0.3 is 10.6 Å². The number of halogens is 1. The first-order valence-corrected chi connectivity index (χ1v) is 10.4. The van der Waals surface area contributed by atoms with E-state index in [0.29, 0.717) is 22.0 Å². The van der Waals surface area contributed by atoms with Crippen molar-refractivity contribution in [2.45, 2.75) is 18.7 Å². The smallest absolute Gasteiger partial charge is 0.246 e. The Morgan fingerprint density at radius 2 is 1.89 bits per heavy atom. The molecule has 0 fully saturated rings. The average molecular weight is 405 g/mol. The van der Waals surface area contributed by atoms with Crippen LogP contribution in [0.3, 0.4) is 0 Å². The Bertz CT molecular complexity index is 869. The van der Waals surface area contributed by atoms with Crippen LogP contribution in [0.25, 0.3) is 6.08 Å². The number of rotatable bonds is 7. The Kier molecular flexibility index (Phi) is 7.76. The van der Waals surface area contributed by atoms with Gasteiger partial charge in [-0.25, -0.2) is 0 Å². The number of hydrogen-bond donors (Lipinski definition) is 2. The Morgan fingerprint density at radius 3 is 2.56 bits per heavy atom. The summed E-state index contributed by atoms with van der Waals surface area (Å²) in [5.41, 5.74) is 2.12. The van der Waals surface area contributed by atoms with E-state index >= 15 is 0 Å². The lowest BCUT2D eigenvalue weighted by Gasteiger charge is -2.14. The molecule has 5 nitrogen and oxygen atoms in total. The Morgan fingerprint density at radius 1 is 1.19 bits per heavy atom. The molecule has 2 atom stereocenters. The quantitative estimate of drug-likeness (QED) is 0.694. The molecule has 2 N–H and O–H groups in total. The third kappa shape index (κ3) is 7.00. The van der Waals surface area contributed by atoms with E-state index in [0.717, 1.165) is 5.56 Å². The monoisotopic (exact) mass is 404 g/mol. The van der Waals surface area contributed by atoms with Gasteiger partial charge in [-0.1, -0.05) is 41.9 Å². The molecule has 0 saturated carbocycles. The van der Waals surface area contributed by atoms with Crippen LogP contribution in [0.5, 0.6) is 0 Å². The summed E-state index contributed by atoms with van der Waals surface area (Å²) in [4.78, 5) is 24.3. The van der Waals surface area contributed by atoms with E-state index in [-0.39, 0.29) is 11.8 Å². The fourth-order valence-corrected chi connectivity index (χ4v) is 3.24. The summed E-state index contributed by atoms with van der Waals surface area (Å²) in [7, 11) is -1.04. The van der Waals surface area contributed by atoms with Gasteiger partial charge in [-0.2, -0.15) is 0 Å². The predicted octanol–water partition coefficient (Wildman–Crippen LogP) is 3.38. The van der Waals surface area contributed by atoms with E-state index in [1.807, 2.05) is 30.3 Å². The normalized spacial score (nSPS) is 13.1. The summed E-state index contributed by atoms with van der Waals surface area (Å²) in [6, 6.07) is 13.7. The lowest BCUT2D eigenvalue weighted by molar-refractivity contribution is -0.123. The van der Waals surface area contributed by atoms with Crippen molar-refractivity contribution in [3.8, 4) is 0 Å². The lowest BCUT2D eigenvalue weighted by Crippen LogP contribution is -2.40. The van der Waals surface area contributed by atoms with Crippen LogP contribution >= 0.6 is 11.6 Å². The number of carbonyl (C=O) groups excluding carboxylic acids is 2. The van der Waals surface area contributed by atoms with Gasteiger partial charge in [0.15, 0.2) is 0 Å². The molecule has 0 saturated heterocycles. The average Bonchev–Trinajstić information content (AvgIpc) is 2.63. The second kappa shape index (κ2) is 10.0. The zero-order chi connectivity index (χ0) is 19.8. The molecule has 2 aromatic carbocycles. The number of amides is 2. The van der Waals surface area contributed by atoms with Gasteiger partial charge in [-0.3, -0.25) is 13.8 Å². The molecule has 2 aromatic rings. The molecule has 2 amide bonds. The van der Waals surface area contributed by atoms with E-state index in [1.54, 1.807) is 37.5 Å². The third-order valence-electron chi connectivity index (χ3n) is 3.65. The molecule has 0 aromatic heterocycles. The number of nitrogens with one attached hydrogen (secondary N) is 2. The van der Waals surface area contributed by atoms with Crippen LogP contribution in [0.4, 0.5) is 5.69 Å². The van der Waals surface area contributed by atoms with Gasteiger partial charge in [-0.15, -0.1) is 0 Å². The lowest BCUT2D eigenvalue weighted by atomic mass is 10.2. The number of benzene rings is 2. The van der Waals surface area contributed by atoms with Crippen molar-refractivity contribution in [2.75, 3.05) is 11.6 Å². The molecule has 2 unspecified atom stereocenters. The van der Waals surface area contributed by atoms with Crippen LogP contribution < -0.4 is 10.6 Å². The minimum Gasteiger partial charge on any atom is -0.341 e. The van der Waals surface area contributed by atoms with Gasteiger partial charge in [0.1, 0.15) is 6.04 Å². The van der Waals surface area contributed by atoms with Crippen molar-refractivity contribution in [1.29, 1.82) is 0 Å². The number of carbonyl (C=O) groups is 2. The highest BCUT2D eigenvalue weighted by Gasteiger charge is 2.15. The molecule has 0 radical (unpaired) electrons. The first-order valence-electron chi connectivity index (χ1n) is 8.28. The van der Waals surface area contributed by atoms with Crippen molar-refractivity contribution in [3.05, 3.63) is 70.8 Å². The summed E-state index contributed by atoms with van der Waals surface area (Å²) in [6.07, 6.45) is 4.65. The van der Waals surface area contributed by atoms with Crippen LogP contribution in [0.1, 0.15) is 18.1 Å². The Labute approximate surface area is 166 Å². The maximum atomic E-state index is 12.3. The SMILES string of the molecule is CC(NC(=O)/C=C/c1ccccc1)C(=O)Nc1ccc(Cl)c(CS(C)=O)c1. The van der Waals surface area contributed by atoms with E-state index in [2.05, 4.69) is 10.6 Å². The molecule has 0 aliphatic heterocycles. The van der Waals surface area contributed by atoms with Crippen LogP contribution in [-0.2, 0) is 26.1 Å². The second-order valence-electron chi connectivity index (χ2n) is 5.99. The van der Waals surface area contributed by atoms with Crippen LogP contribution in [0.2, 0.25) is 5.02 Å². The van der Waals surface area contributed by atoms with Gasteiger partial charge in [0.25, 0.3) is 0 Å². The van der Waals surface area contributed by atoms with Gasteiger partial charge in [0.05, 0.1) is 0 Å². The maximum absolute atomic E-state index is 12.3. The van der Waals surface area contributed by atoms with E-state index in [1.165, 1.54) is 6.08 Å². The highest BCUT2D eigenvalue weighted by atomic mass is 35.5. The van der Waals surface area contributed by atoms with Crippen molar-refractivity contribution >= 4 is 46.0 Å². The van der Waals surface area contributed by atoms with Crippen LogP contribution in [0.15, 0.2) is 54.6 Å². The summed E-state index contributed by atoms with van der Waals surface area (Å²) >= 11 is 6.08. The van der Waals surface area contributed by atoms with E-state index in [9.17, 15) is 13.8 Å². The standard InChI is InChI=1S/C20H21ClN2O3S/c1-14(22-19(24)11-8-15-6-4-3-5-7-15)20(25)23-17-9-10-18(21)16(12-17)13-27(2)26/h3-12,14H,13H2,1-2H3,(H,22,24)(H,23,25)/b11-8+. The molecule has 7 heteroatoms. The first kappa shape index (κ1) is 20.9. The van der Waals surface area contributed by atoms with E-state index in [4.69, 9.17) is 11.6 Å². The minimum atomic E-state index is -1.04. The highest BCUT2D eigenvalue weighted by molar-refractivity contribution is 7.83. The molecule has 2 rings (SSSR count). The fraction of sp³-hybridized carbons (Fsp3) is 0.200. The molecular formula is C20H21ClN2O3S. The summed E-state index contributed by atoms with van der Waals surface area (Å²) in [5.74, 6) is -0.416. The summed E-state index contributed by atoms with van der Waals surface area (Å²) < 4.78 is 11.4. The zero-order valence-corrected chi connectivity index (χ0v) is 16.6. The zero-order valence-electron chi connectivity index (χ0n) is 15.1. The van der Waals surface area contributed by atoms with Crippen molar-refractivity contribution in [3.63, 3.8) is 0 Å². The van der Waals surface area contributed by atoms with Gasteiger partial charge in [0.2, 0.25) is 11.8 Å². The minimum absolute atomic E-state index is 0.305. The maximum Gasteiger partial charge on any atom is 0.246 e. The van der Waals surface area contributed by atoms with Gasteiger partial charge in [0, 0.05) is 39.6 Å². The fourth-order valence-electron chi connectivity index (χ4n) is 2.30. The highest BCUT2D eigenvalue weighted by Crippen LogP contribution is 2.22. The van der Waals surface area contributed by atoms with Crippen LogP contribution in [0, 0.1) is 0 Å². The van der Waals surface area contributed by atoms with Gasteiger partial charge in [-0.05, 0) is 42.3 Å². The molecule has 27 heavy (non-hydrogen) atoms. The Balaban J connectivity index is 1.94.